The van der Waals surface area contributed by atoms with Crippen LogP contribution >= 0.6 is 11.3 Å². The lowest BCUT2D eigenvalue weighted by atomic mass is 9.89. The van der Waals surface area contributed by atoms with Gasteiger partial charge >= 0.3 is 5.97 Å². The minimum atomic E-state index is -0.290. The van der Waals surface area contributed by atoms with Gasteiger partial charge in [0.25, 0.3) is 0 Å². The Kier molecular flexibility index (Phi) is 6.33. The fraction of sp³-hybridized carbons (Fsp3) is 0.190. The average molecular weight is 380 g/mol. The first-order valence-corrected chi connectivity index (χ1v) is 9.47. The number of carbonyl (C=O) groups excluding carboxylic acids is 2. The summed E-state index contributed by atoms with van der Waals surface area (Å²) in [6, 6.07) is 19.9. The van der Waals surface area contributed by atoms with Crippen molar-refractivity contribution >= 4 is 28.3 Å². The summed E-state index contributed by atoms with van der Waals surface area (Å²) < 4.78 is 5.41. The van der Waals surface area contributed by atoms with Crippen LogP contribution in [-0.4, -0.2) is 16.9 Å². The Morgan fingerprint density at radius 1 is 1.04 bits per heavy atom. The third kappa shape index (κ3) is 5.49. The first-order chi connectivity index (χ1) is 13.1. The maximum absolute atomic E-state index is 12.4. The predicted octanol–water partition coefficient (Wildman–Crippen LogP) is 4.37. The summed E-state index contributed by atoms with van der Waals surface area (Å²) in [4.78, 5) is 27.7. The Labute approximate surface area is 162 Å². The van der Waals surface area contributed by atoms with Crippen molar-refractivity contribution in [1.82, 2.24) is 4.98 Å². The van der Waals surface area contributed by atoms with E-state index in [2.05, 4.69) is 10.3 Å². The smallest absolute Gasteiger partial charge is 0.307 e. The van der Waals surface area contributed by atoms with Crippen LogP contribution in [0.1, 0.15) is 36.1 Å². The van der Waals surface area contributed by atoms with E-state index < -0.39 is 0 Å². The minimum Gasteiger partial charge on any atom is -0.459 e. The minimum absolute atomic E-state index is 0.0646. The Balaban J connectivity index is 1.64. The summed E-state index contributed by atoms with van der Waals surface area (Å²) >= 11 is 1.30. The molecule has 1 N–H and O–H groups in total. The van der Waals surface area contributed by atoms with Gasteiger partial charge in [0.05, 0.1) is 12.1 Å². The molecule has 0 bridgehead atoms. The number of esters is 1. The predicted molar refractivity (Wildman–Crippen MR) is 106 cm³/mol. The maximum Gasteiger partial charge on any atom is 0.307 e. The Morgan fingerprint density at radius 3 is 2.19 bits per heavy atom. The van der Waals surface area contributed by atoms with E-state index in [1.165, 1.54) is 18.3 Å². The van der Waals surface area contributed by atoms with Crippen LogP contribution in [0.25, 0.3) is 0 Å². The van der Waals surface area contributed by atoms with Crippen LogP contribution in [0.3, 0.4) is 0 Å². The van der Waals surface area contributed by atoms with Gasteiger partial charge in [-0.15, -0.1) is 11.3 Å². The number of hydrogen-bond acceptors (Lipinski definition) is 5. The number of thiazole rings is 1. The lowest BCUT2D eigenvalue weighted by Gasteiger charge is -2.17. The van der Waals surface area contributed by atoms with Crippen LogP contribution in [0, 0.1) is 0 Å². The van der Waals surface area contributed by atoms with Crippen LogP contribution in [0.2, 0.25) is 0 Å². The number of anilines is 1. The van der Waals surface area contributed by atoms with E-state index in [4.69, 9.17) is 4.74 Å². The molecule has 1 heterocycles. The molecule has 27 heavy (non-hydrogen) atoms. The number of hydrogen-bond donors (Lipinski definition) is 1. The van der Waals surface area contributed by atoms with Gasteiger partial charge in [0, 0.05) is 18.2 Å². The number of rotatable bonds is 7. The highest BCUT2D eigenvalue weighted by Gasteiger charge is 2.19. The van der Waals surface area contributed by atoms with Crippen molar-refractivity contribution in [1.29, 1.82) is 0 Å². The molecule has 0 saturated heterocycles. The molecule has 138 valence electrons. The number of benzene rings is 2. The quantitative estimate of drug-likeness (QED) is 0.618. The lowest BCUT2D eigenvalue weighted by Crippen LogP contribution is -2.12. The van der Waals surface area contributed by atoms with Gasteiger partial charge in [-0.05, 0) is 11.1 Å². The van der Waals surface area contributed by atoms with Crippen molar-refractivity contribution in [3.8, 4) is 0 Å². The SMILES string of the molecule is CC(=O)Nc1nc(COC(=O)CC(c2ccccc2)c2ccccc2)cs1. The van der Waals surface area contributed by atoms with Gasteiger partial charge in [-0.25, -0.2) is 4.98 Å². The molecule has 0 aliphatic heterocycles. The van der Waals surface area contributed by atoms with Crippen molar-refractivity contribution < 1.29 is 14.3 Å². The Hall–Kier alpha value is -2.99. The van der Waals surface area contributed by atoms with Crippen LogP contribution in [0.4, 0.5) is 5.13 Å². The zero-order chi connectivity index (χ0) is 19.1. The second kappa shape index (κ2) is 9.09. The fourth-order valence-corrected chi connectivity index (χ4v) is 3.50. The highest BCUT2D eigenvalue weighted by molar-refractivity contribution is 7.13. The summed E-state index contributed by atoms with van der Waals surface area (Å²) in [5.74, 6) is -0.534. The van der Waals surface area contributed by atoms with Crippen molar-refractivity contribution in [2.75, 3.05) is 5.32 Å². The molecule has 1 amide bonds. The van der Waals surface area contributed by atoms with Crippen LogP contribution in [-0.2, 0) is 20.9 Å². The van der Waals surface area contributed by atoms with E-state index in [0.29, 0.717) is 10.8 Å². The summed E-state index contributed by atoms with van der Waals surface area (Å²) in [5, 5.41) is 4.88. The van der Waals surface area contributed by atoms with E-state index in [0.717, 1.165) is 11.1 Å². The standard InChI is InChI=1S/C21H20N2O3S/c1-15(24)22-21-23-18(14-27-21)13-26-20(25)12-19(16-8-4-2-5-9-16)17-10-6-3-7-11-17/h2-11,14,19H,12-13H2,1H3,(H,22,23,24). The van der Waals surface area contributed by atoms with Gasteiger partial charge in [0.1, 0.15) is 6.61 Å². The Morgan fingerprint density at radius 2 is 1.63 bits per heavy atom. The number of nitrogens with one attached hydrogen (secondary N) is 1. The zero-order valence-corrected chi connectivity index (χ0v) is 15.7. The zero-order valence-electron chi connectivity index (χ0n) is 14.9. The van der Waals surface area contributed by atoms with Crippen molar-refractivity contribution in [2.24, 2.45) is 0 Å². The normalized spacial score (nSPS) is 10.6. The monoisotopic (exact) mass is 380 g/mol. The van der Waals surface area contributed by atoms with Gasteiger partial charge in [0.2, 0.25) is 5.91 Å². The largest absolute Gasteiger partial charge is 0.459 e. The summed E-state index contributed by atoms with van der Waals surface area (Å²) in [6.07, 6.45) is 0.247. The Bertz CT molecular complexity index is 855. The molecule has 0 unspecified atom stereocenters. The van der Waals surface area contributed by atoms with Gasteiger partial charge < -0.3 is 10.1 Å². The van der Waals surface area contributed by atoms with Gasteiger partial charge in [-0.3, -0.25) is 9.59 Å². The highest BCUT2D eigenvalue weighted by atomic mass is 32.1. The van der Waals surface area contributed by atoms with Crippen LogP contribution in [0.5, 0.6) is 0 Å². The first kappa shape index (κ1) is 18.8. The molecule has 3 aromatic rings. The van der Waals surface area contributed by atoms with E-state index in [-0.39, 0.29) is 30.8 Å². The maximum atomic E-state index is 12.4. The molecule has 0 fully saturated rings. The van der Waals surface area contributed by atoms with E-state index >= 15 is 0 Å². The van der Waals surface area contributed by atoms with Crippen molar-refractivity contribution in [2.45, 2.75) is 25.9 Å². The van der Waals surface area contributed by atoms with Gasteiger partial charge in [0.15, 0.2) is 5.13 Å². The van der Waals surface area contributed by atoms with Crippen molar-refractivity contribution in [3.63, 3.8) is 0 Å². The first-order valence-electron chi connectivity index (χ1n) is 8.59. The average Bonchev–Trinajstić information content (AvgIpc) is 3.12. The molecule has 0 atom stereocenters. The van der Waals surface area contributed by atoms with E-state index in [9.17, 15) is 9.59 Å². The van der Waals surface area contributed by atoms with Crippen LogP contribution in [0.15, 0.2) is 66.0 Å². The van der Waals surface area contributed by atoms with E-state index in [1.54, 1.807) is 5.38 Å². The summed E-state index contributed by atoms with van der Waals surface area (Å²) in [5.41, 5.74) is 2.76. The molecular weight excluding hydrogens is 360 g/mol. The molecule has 0 saturated carbocycles. The molecule has 0 radical (unpaired) electrons. The second-order valence-corrected chi connectivity index (χ2v) is 6.92. The molecule has 3 rings (SSSR count). The van der Waals surface area contributed by atoms with Crippen molar-refractivity contribution in [3.05, 3.63) is 82.9 Å². The van der Waals surface area contributed by atoms with Gasteiger partial charge in [-0.1, -0.05) is 60.7 Å². The molecular formula is C21H20N2O3S. The molecule has 1 aromatic heterocycles. The number of aromatic nitrogens is 1. The van der Waals surface area contributed by atoms with Crippen LogP contribution < -0.4 is 5.32 Å². The molecule has 0 aliphatic carbocycles. The molecule has 0 spiro atoms. The fourth-order valence-electron chi connectivity index (χ4n) is 2.76. The van der Waals surface area contributed by atoms with Gasteiger partial charge in [-0.2, -0.15) is 0 Å². The number of amides is 1. The molecule has 0 aliphatic rings. The third-order valence-corrected chi connectivity index (χ3v) is 4.80. The third-order valence-electron chi connectivity index (χ3n) is 3.99. The number of nitrogens with zero attached hydrogens (tertiary/aromatic N) is 1. The number of ether oxygens (including phenoxy) is 1. The lowest BCUT2D eigenvalue weighted by molar-refractivity contribution is -0.145. The molecule has 5 nitrogen and oxygen atoms in total. The number of carbonyl (C=O) groups is 2. The summed E-state index contributed by atoms with van der Waals surface area (Å²) in [7, 11) is 0. The summed E-state index contributed by atoms with van der Waals surface area (Å²) in [6.45, 7) is 1.51. The molecule has 2 aromatic carbocycles. The topological polar surface area (TPSA) is 68.3 Å². The van der Waals surface area contributed by atoms with E-state index in [1.807, 2.05) is 60.7 Å². The highest BCUT2D eigenvalue weighted by Crippen LogP contribution is 2.28. The molecule has 6 heteroatoms. The second-order valence-electron chi connectivity index (χ2n) is 6.06.